The molecule has 1 heterocycles. The van der Waals surface area contributed by atoms with Crippen LogP contribution in [0.4, 0.5) is 0 Å². The molecule has 0 aromatic carbocycles. The largest absolute Gasteiger partial charge is 0.467 e. The standard InChI is InChI=1S/C8H13NO4/c1-5-3-8(4-10,7(12)13-2)9-6(5)11/h5,10H,3-4H2,1-2H3,(H,9,11)/t5-,8-/m0/s1. The lowest BCUT2D eigenvalue weighted by atomic mass is 9.94. The fourth-order valence-electron chi connectivity index (χ4n) is 1.52. The van der Waals surface area contributed by atoms with Crippen LogP contribution in [0.1, 0.15) is 13.3 Å². The normalized spacial score (nSPS) is 32.8. The zero-order chi connectivity index (χ0) is 10.1. The van der Waals surface area contributed by atoms with Crippen molar-refractivity contribution < 1.29 is 19.4 Å². The van der Waals surface area contributed by atoms with Gasteiger partial charge in [-0.05, 0) is 6.42 Å². The van der Waals surface area contributed by atoms with E-state index in [9.17, 15) is 9.59 Å². The number of aliphatic hydroxyl groups excluding tert-OH is 1. The highest BCUT2D eigenvalue weighted by Gasteiger charge is 2.48. The molecule has 2 N–H and O–H groups in total. The Morgan fingerprint density at radius 3 is 2.77 bits per heavy atom. The minimum Gasteiger partial charge on any atom is -0.467 e. The molecule has 5 heteroatoms. The Morgan fingerprint density at radius 2 is 2.46 bits per heavy atom. The van der Waals surface area contributed by atoms with Crippen molar-refractivity contribution in [1.29, 1.82) is 0 Å². The molecule has 1 amide bonds. The van der Waals surface area contributed by atoms with Crippen molar-refractivity contribution >= 4 is 11.9 Å². The van der Waals surface area contributed by atoms with Crippen LogP contribution in [0.2, 0.25) is 0 Å². The van der Waals surface area contributed by atoms with Crippen molar-refractivity contribution in [2.45, 2.75) is 18.9 Å². The van der Waals surface area contributed by atoms with Gasteiger partial charge in [-0.1, -0.05) is 6.92 Å². The third-order valence-electron chi connectivity index (χ3n) is 2.31. The smallest absolute Gasteiger partial charge is 0.334 e. The molecular weight excluding hydrogens is 174 g/mol. The quantitative estimate of drug-likeness (QED) is 0.546. The summed E-state index contributed by atoms with van der Waals surface area (Å²) in [5.74, 6) is -1.07. The molecule has 0 bridgehead atoms. The molecule has 0 radical (unpaired) electrons. The minimum atomic E-state index is -1.22. The summed E-state index contributed by atoms with van der Waals surface area (Å²) in [6.07, 6.45) is 0.287. The first-order chi connectivity index (χ1) is 6.05. The van der Waals surface area contributed by atoms with Crippen molar-refractivity contribution in [2.24, 2.45) is 5.92 Å². The molecule has 1 aliphatic rings. The average Bonchev–Trinajstić information content (AvgIpc) is 2.42. The van der Waals surface area contributed by atoms with Crippen LogP contribution in [0.15, 0.2) is 0 Å². The molecule has 0 aromatic rings. The Kier molecular flexibility index (Phi) is 2.56. The Labute approximate surface area is 76.1 Å². The van der Waals surface area contributed by atoms with Gasteiger partial charge in [0.05, 0.1) is 13.7 Å². The fraction of sp³-hybridized carbons (Fsp3) is 0.750. The third-order valence-corrected chi connectivity index (χ3v) is 2.31. The van der Waals surface area contributed by atoms with Crippen molar-refractivity contribution in [3.8, 4) is 0 Å². The van der Waals surface area contributed by atoms with E-state index in [1.54, 1.807) is 6.92 Å². The van der Waals surface area contributed by atoms with Crippen LogP contribution in [0, 0.1) is 5.92 Å². The molecule has 74 valence electrons. The van der Waals surface area contributed by atoms with Gasteiger partial charge in [0.1, 0.15) is 0 Å². The van der Waals surface area contributed by atoms with Gasteiger partial charge in [-0.15, -0.1) is 0 Å². The Bertz CT molecular complexity index is 240. The maximum absolute atomic E-state index is 11.3. The van der Waals surface area contributed by atoms with E-state index in [0.717, 1.165) is 0 Å². The highest BCUT2D eigenvalue weighted by molar-refractivity contribution is 5.93. The summed E-state index contributed by atoms with van der Waals surface area (Å²) in [6.45, 7) is 1.28. The summed E-state index contributed by atoms with van der Waals surface area (Å²) in [5.41, 5.74) is -1.22. The van der Waals surface area contributed by atoms with Crippen LogP contribution < -0.4 is 5.32 Å². The first kappa shape index (κ1) is 9.98. The molecular formula is C8H13NO4. The molecule has 1 saturated heterocycles. The van der Waals surface area contributed by atoms with E-state index in [0.29, 0.717) is 0 Å². The van der Waals surface area contributed by atoms with Gasteiger partial charge < -0.3 is 15.2 Å². The number of hydrogen-bond acceptors (Lipinski definition) is 4. The predicted octanol–water partition coefficient (Wildman–Crippen LogP) is -0.953. The van der Waals surface area contributed by atoms with E-state index in [4.69, 9.17) is 5.11 Å². The number of carbonyl (C=O) groups is 2. The number of methoxy groups -OCH3 is 1. The molecule has 13 heavy (non-hydrogen) atoms. The number of esters is 1. The van der Waals surface area contributed by atoms with Gasteiger partial charge in [0, 0.05) is 5.92 Å². The molecule has 2 atom stereocenters. The second-order valence-electron chi connectivity index (χ2n) is 3.33. The molecule has 0 aromatic heterocycles. The van der Waals surface area contributed by atoms with E-state index in [2.05, 4.69) is 10.1 Å². The first-order valence-corrected chi connectivity index (χ1v) is 4.07. The number of aliphatic hydroxyl groups is 1. The van der Waals surface area contributed by atoms with Gasteiger partial charge in [0.2, 0.25) is 5.91 Å². The van der Waals surface area contributed by atoms with E-state index in [-0.39, 0.29) is 18.2 Å². The van der Waals surface area contributed by atoms with Crippen LogP contribution in [-0.4, -0.2) is 36.2 Å². The van der Waals surface area contributed by atoms with Gasteiger partial charge in [-0.2, -0.15) is 0 Å². The molecule has 1 rings (SSSR count). The fourth-order valence-corrected chi connectivity index (χ4v) is 1.52. The minimum absolute atomic E-state index is 0.223. The lowest BCUT2D eigenvalue weighted by Crippen LogP contribution is -2.52. The number of carbonyl (C=O) groups excluding carboxylic acids is 2. The predicted molar refractivity (Wildman–Crippen MR) is 43.8 cm³/mol. The zero-order valence-electron chi connectivity index (χ0n) is 7.66. The van der Waals surface area contributed by atoms with Crippen LogP contribution >= 0.6 is 0 Å². The second kappa shape index (κ2) is 3.33. The summed E-state index contributed by atoms with van der Waals surface area (Å²) < 4.78 is 4.51. The van der Waals surface area contributed by atoms with Crippen molar-refractivity contribution in [2.75, 3.05) is 13.7 Å². The topological polar surface area (TPSA) is 75.6 Å². The van der Waals surface area contributed by atoms with Crippen LogP contribution in [0.5, 0.6) is 0 Å². The van der Waals surface area contributed by atoms with Crippen LogP contribution in [0.25, 0.3) is 0 Å². The summed E-state index contributed by atoms with van der Waals surface area (Å²) in [4.78, 5) is 22.4. The lowest BCUT2D eigenvalue weighted by Gasteiger charge is -2.22. The molecule has 0 unspecified atom stereocenters. The molecule has 1 fully saturated rings. The number of ether oxygens (including phenoxy) is 1. The van der Waals surface area contributed by atoms with E-state index >= 15 is 0 Å². The number of nitrogens with one attached hydrogen (secondary N) is 1. The summed E-state index contributed by atoms with van der Waals surface area (Å²) in [5, 5.41) is 11.5. The van der Waals surface area contributed by atoms with Gasteiger partial charge in [0.15, 0.2) is 5.54 Å². The molecule has 0 aliphatic carbocycles. The Balaban J connectivity index is 2.85. The Morgan fingerprint density at radius 1 is 1.85 bits per heavy atom. The number of rotatable bonds is 2. The number of hydrogen-bond donors (Lipinski definition) is 2. The molecule has 1 aliphatic heterocycles. The van der Waals surface area contributed by atoms with E-state index in [1.807, 2.05) is 0 Å². The van der Waals surface area contributed by atoms with E-state index in [1.165, 1.54) is 7.11 Å². The second-order valence-corrected chi connectivity index (χ2v) is 3.33. The number of amides is 1. The highest BCUT2D eigenvalue weighted by atomic mass is 16.5. The van der Waals surface area contributed by atoms with Gasteiger partial charge in [-0.25, -0.2) is 4.79 Å². The van der Waals surface area contributed by atoms with Gasteiger partial charge >= 0.3 is 5.97 Å². The molecule has 0 saturated carbocycles. The van der Waals surface area contributed by atoms with Crippen molar-refractivity contribution in [3.63, 3.8) is 0 Å². The molecule has 5 nitrogen and oxygen atoms in total. The third kappa shape index (κ3) is 1.51. The maximum atomic E-state index is 11.3. The summed E-state index contributed by atoms with van der Waals surface area (Å²) in [6, 6.07) is 0. The average molecular weight is 187 g/mol. The van der Waals surface area contributed by atoms with Gasteiger partial charge in [0.25, 0.3) is 0 Å². The lowest BCUT2D eigenvalue weighted by molar-refractivity contribution is -0.150. The van der Waals surface area contributed by atoms with Crippen molar-refractivity contribution in [1.82, 2.24) is 5.32 Å². The summed E-state index contributed by atoms with van der Waals surface area (Å²) in [7, 11) is 1.23. The Hall–Kier alpha value is -1.10. The van der Waals surface area contributed by atoms with Crippen LogP contribution in [-0.2, 0) is 14.3 Å². The van der Waals surface area contributed by atoms with Gasteiger partial charge in [-0.3, -0.25) is 4.79 Å². The van der Waals surface area contributed by atoms with Crippen LogP contribution in [0.3, 0.4) is 0 Å². The monoisotopic (exact) mass is 187 g/mol. The SMILES string of the molecule is COC(=O)[C@@]1(CO)C[C@H](C)C(=O)N1. The van der Waals surface area contributed by atoms with E-state index < -0.39 is 18.1 Å². The van der Waals surface area contributed by atoms with Crippen molar-refractivity contribution in [3.05, 3.63) is 0 Å². The molecule has 0 spiro atoms. The highest BCUT2D eigenvalue weighted by Crippen LogP contribution is 2.25. The maximum Gasteiger partial charge on any atom is 0.334 e. The zero-order valence-corrected chi connectivity index (χ0v) is 7.66. The first-order valence-electron chi connectivity index (χ1n) is 4.07. The summed E-state index contributed by atoms with van der Waals surface area (Å²) >= 11 is 0.